The number of nitrogens with one attached hydrogen (secondary N) is 2. The van der Waals surface area contributed by atoms with Crippen LogP contribution >= 0.6 is 15.9 Å². The van der Waals surface area contributed by atoms with Crippen LogP contribution in [0.2, 0.25) is 0 Å². The van der Waals surface area contributed by atoms with Gasteiger partial charge in [0, 0.05) is 15.7 Å². The maximum Gasteiger partial charge on any atom is 0.258 e. The highest BCUT2D eigenvalue weighted by Crippen LogP contribution is 2.21. The first-order chi connectivity index (χ1) is 8.61. The van der Waals surface area contributed by atoms with Crippen LogP contribution in [0.5, 0.6) is 0 Å². The Morgan fingerprint density at radius 2 is 2.33 bits per heavy atom. The van der Waals surface area contributed by atoms with Gasteiger partial charge in [0.25, 0.3) is 5.91 Å². The molecule has 0 atom stereocenters. The molecular formula is C12H13BrN4O. The van der Waals surface area contributed by atoms with Crippen molar-refractivity contribution in [3.05, 3.63) is 40.0 Å². The number of aryl methyl sites for hydroxylation is 1. The van der Waals surface area contributed by atoms with Crippen LogP contribution in [-0.2, 0) is 6.42 Å². The van der Waals surface area contributed by atoms with E-state index in [4.69, 9.17) is 5.73 Å². The van der Waals surface area contributed by atoms with Gasteiger partial charge >= 0.3 is 0 Å². The van der Waals surface area contributed by atoms with Gasteiger partial charge in [-0.3, -0.25) is 9.89 Å². The molecule has 18 heavy (non-hydrogen) atoms. The summed E-state index contributed by atoms with van der Waals surface area (Å²) in [5, 5.41) is 9.45. The van der Waals surface area contributed by atoms with Crippen molar-refractivity contribution in [2.24, 2.45) is 0 Å². The minimum atomic E-state index is -0.229. The van der Waals surface area contributed by atoms with E-state index < -0.39 is 0 Å². The fourth-order valence-electron chi connectivity index (χ4n) is 1.59. The summed E-state index contributed by atoms with van der Waals surface area (Å²) in [4.78, 5) is 12.1. The Kier molecular flexibility index (Phi) is 3.66. The molecule has 0 saturated carbocycles. The molecule has 1 amide bonds. The zero-order valence-corrected chi connectivity index (χ0v) is 11.4. The number of H-pyrrole nitrogens is 1. The highest BCUT2D eigenvalue weighted by Gasteiger charge is 2.13. The minimum absolute atomic E-state index is 0.229. The quantitative estimate of drug-likeness (QED) is 0.762. The van der Waals surface area contributed by atoms with Crippen molar-refractivity contribution in [1.29, 1.82) is 0 Å². The third-order valence-corrected chi connectivity index (χ3v) is 3.26. The number of hydrogen-bond acceptors (Lipinski definition) is 3. The molecule has 0 bridgehead atoms. The molecule has 0 aliphatic heterocycles. The smallest absolute Gasteiger partial charge is 0.258 e. The van der Waals surface area contributed by atoms with Gasteiger partial charge in [-0.1, -0.05) is 6.92 Å². The van der Waals surface area contributed by atoms with Crippen molar-refractivity contribution < 1.29 is 4.79 Å². The third-order valence-electron chi connectivity index (χ3n) is 2.57. The first kappa shape index (κ1) is 12.6. The summed E-state index contributed by atoms with van der Waals surface area (Å²) in [5.74, 6) is 0.393. The van der Waals surface area contributed by atoms with Crippen LogP contribution in [0.15, 0.2) is 28.9 Å². The van der Waals surface area contributed by atoms with E-state index in [-0.39, 0.29) is 5.91 Å². The molecule has 0 spiro atoms. The molecule has 0 saturated heterocycles. The van der Waals surface area contributed by atoms with E-state index >= 15 is 0 Å². The lowest BCUT2D eigenvalue weighted by Gasteiger charge is -2.07. The lowest BCUT2D eigenvalue weighted by Crippen LogP contribution is -2.14. The summed E-state index contributed by atoms with van der Waals surface area (Å²) in [7, 11) is 0. The first-order valence-electron chi connectivity index (χ1n) is 5.50. The zero-order chi connectivity index (χ0) is 13.1. The number of nitrogens with zero attached hydrogens (tertiary/aromatic N) is 1. The summed E-state index contributed by atoms with van der Waals surface area (Å²) in [6.45, 7) is 2.00. The summed E-state index contributed by atoms with van der Waals surface area (Å²) in [6.07, 6.45) is 2.49. The summed E-state index contributed by atoms with van der Waals surface area (Å²) < 4.78 is 0.701. The van der Waals surface area contributed by atoms with Crippen molar-refractivity contribution in [1.82, 2.24) is 10.2 Å². The van der Waals surface area contributed by atoms with Crippen LogP contribution in [0, 0.1) is 0 Å². The van der Waals surface area contributed by atoms with Gasteiger partial charge in [-0.05, 0) is 40.5 Å². The Morgan fingerprint density at radius 3 is 3.06 bits per heavy atom. The van der Waals surface area contributed by atoms with Gasteiger partial charge in [0.05, 0.1) is 11.8 Å². The predicted molar refractivity (Wildman–Crippen MR) is 74.5 cm³/mol. The third kappa shape index (κ3) is 2.53. The number of aromatic amines is 1. The van der Waals surface area contributed by atoms with Crippen LogP contribution in [0.1, 0.15) is 22.8 Å². The lowest BCUT2D eigenvalue weighted by molar-refractivity contribution is 0.102. The summed E-state index contributed by atoms with van der Waals surface area (Å²) in [5.41, 5.74) is 7.67. The molecule has 0 unspecified atom stereocenters. The molecule has 0 fully saturated rings. The minimum Gasteiger partial charge on any atom is -0.399 e. The second-order valence-corrected chi connectivity index (χ2v) is 4.67. The van der Waals surface area contributed by atoms with Gasteiger partial charge < -0.3 is 11.1 Å². The van der Waals surface area contributed by atoms with Gasteiger partial charge in [0.2, 0.25) is 0 Å². The first-order valence-corrected chi connectivity index (χ1v) is 6.29. The monoisotopic (exact) mass is 308 g/mol. The van der Waals surface area contributed by atoms with E-state index in [1.165, 1.54) is 0 Å². The van der Waals surface area contributed by atoms with Crippen LogP contribution < -0.4 is 11.1 Å². The number of halogens is 1. The number of carbonyl (C=O) groups excluding carboxylic acids is 1. The molecule has 1 aromatic heterocycles. The molecule has 2 aromatic rings. The van der Waals surface area contributed by atoms with Gasteiger partial charge in [-0.2, -0.15) is 5.10 Å². The molecule has 94 valence electrons. The number of amides is 1. The van der Waals surface area contributed by atoms with Crippen molar-refractivity contribution in [2.75, 3.05) is 11.1 Å². The van der Waals surface area contributed by atoms with E-state index in [1.807, 2.05) is 6.92 Å². The largest absolute Gasteiger partial charge is 0.399 e. The Hall–Kier alpha value is -1.82. The SMILES string of the molecule is CCc1cn[nH]c1NC(=O)c1cc(N)ccc1Br. The van der Waals surface area contributed by atoms with Crippen molar-refractivity contribution in [2.45, 2.75) is 13.3 Å². The number of carbonyl (C=O) groups is 1. The van der Waals surface area contributed by atoms with E-state index in [1.54, 1.807) is 24.4 Å². The predicted octanol–water partition coefficient (Wildman–Crippen LogP) is 2.57. The molecule has 2 rings (SSSR count). The summed E-state index contributed by atoms with van der Waals surface area (Å²) >= 11 is 3.33. The number of nitrogens with two attached hydrogens (primary N) is 1. The fraction of sp³-hybridized carbons (Fsp3) is 0.167. The average Bonchev–Trinajstić information content (AvgIpc) is 2.79. The maximum absolute atomic E-state index is 12.1. The molecular weight excluding hydrogens is 296 g/mol. The number of nitrogen functional groups attached to an aromatic ring is 1. The maximum atomic E-state index is 12.1. The molecule has 4 N–H and O–H groups in total. The lowest BCUT2D eigenvalue weighted by atomic mass is 10.2. The van der Waals surface area contributed by atoms with Gasteiger partial charge in [-0.15, -0.1) is 0 Å². The molecule has 5 nitrogen and oxygen atoms in total. The number of hydrogen-bond donors (Lipinski definition) is 3. The van der Waals surface area contributed by atoms with E-state index in [0.29, 0.717) is 21.5 Å². The molecule has 6 heteroatoms. The van der Waals surface area contributed by atoms with E-state index in [9.17, 15) is 4.79 Å². The van der Waals surface area contributed by atoms with Crippen molar-refractivity contribution >= 4 is 33.3 Å². The Balaban J connectivity index is 2.25. The number of benzene rings is 1. The molecule has 0 aliphatic carbocycles. The fourth-order valence-corrected chi connectivity index (χ4v) is 2.01. The van der Waals surface area contributed by atoms with Crippen molar-refractivity contribution in [3.8, 4) is 0 Å². The standard InChI is InChI=1S/C12H13BrN4O/c1-2-7-6-15-17-11(7)16-12(18)9-5-8(14)3-4-10(9)13/h3-6H,2,14H2,1H3,(H2,15,16,17,18). The van der Waals surface area contributed by atoms with E-state index in [0.717, 1.165) is 12.0 Å². The highest BCUT2D eigenvalue weighted by atomic mass is 79.9. The molecule has 1 heterocycles. The molecule has 0 radical (unpaired) electrons. The van der Waals surface area contributed by atoms with Crippen LogP contribution in [-0.4, -0.2) is 16.1 Å². The number of anilines is 2. The van der Waals surface area contributed by atoms with Crippen LogP contribution in [0.4, 0.5) is 11.5 Å². The summed E-state index contributed by atoms with van der Waals surface area (Å²) in [6, 6.07) is 5.11. The van der Waals surface area contributed by atoms with Gasteiger partial charge in [0.1, 0.15) is 5.82 Å². The van der Waals surface area contributed by atoms with Crippen molar-refractivity contribution in [3.63, 3.8) is 0 Å². The highest BCUT2D eigenvalue weighted by molar-refractivity contribution is 9.10. The Morgan fingerprint density at radius 1 is 1.56 bits per heavy atom. The Labute approximate surface area is 113 Å². The molecule has 0 aliphatic rings. The average molecular weight is 309 g/mol. The van der Waals surface area contributed by atoms with Crippen LogP contribution in [0.3, 0.4) is 0 Å². The Bertz CT molecular complexity index is 579. The zero-order valence-electron chi connectivity index (χ0n) is 9.83. The number of rotatable bonds is 3. The van der Waals surface area contributed by atoms with E-state index in [2.05, 4.69) is 31.4 Å². The second-order valence-electron chi connectivity index (χ2n) is 3.82. The van der Waals surface area contributed by atoms with Gasteiger partial charge in [-0.25, -0.2) is 0 Å². The van der Waals surface area contributed by atoms with Gasteiger partial charge in [0.15, 0.2) is 0 Å². The number of aromatic nitrogens is 2. The second kappa shape index (κ2) is 5.22. The topological polar surface area (TPSA) is 83.8 Å². The van der Waals surface area contributed by atoms with Crippen LogP contribution in [0.25, 0.3) is 0 Å². The normalized spacial score (nSPS) is 10.3. The molecule has 1 aromatic carbocycles.